The number of alkyl halides is 2. The fourth-order valence-corrected chi connectivity index (χ4v) is 3.91. The third-order valence-corrected chi connectivity index (χ3v) is 5.68. The molecule has 0 aliphatic heterocycles. The zero-order chi connectivity index (χ0) is 19.8. The minimum absolute atomic E-state index is 0.0994. The van der Waals surface area contributed by atoms with Crippen LogP contribution >= 0.6 is 23.2 Å². The van der Waals surface area contributed by atoms with E-state index in [1.807, 2.05) is 0 Å². The molecule has 0 unspecified atom stereocenters. The van der Waals surface area contributed by atoms with E-state index >= 15 is 0 Å². The molecule has 3 rings (SSSR count). The first-order valence-electron chi connectivity index (χ1n) is 7.19. The number of pyridine rings is 1. The summed E-state index contributed by atoms with van der Waals surface area (Å²) in [6.45, 7) is -3.05. The van der Waals surface area contributed by atoms with Crippen molar-refractivity contribution in [3.05, 3.63) is 40.6 Å². The fourth-order valence-electron chi connectivity index (χ4n) is 2.34. The van der Waals surface area contributed by atoms with Crippen LogP contribution in [0, 0.1) is 0 Å². The van der Waals surface area contributed by atoms with Gasteiger partial charge in [0.2, 0.25) is 0 Å². The van der Waals surface area contributed by atoms with Crippen molar-refractivity contribution < 1.29 is 26.7 Å². The molecule has 0 saturated heterocycles. The summed E-state index contributed by atoms with van der Waals surface area (Å²) in [6.07, 6.45) is 2.19. The number of anilines is 1. The Morgan fingerprint density at radius 2 is 2.04 bits per heavy atom. The van der Waals surface area contributed by atoms with E-state index in [9.17, 15) is 17.2 Å². The molecule has 144 valence electrons. The van der Waals surface area contributed by atoms with E-state index in [0.29, 0.717) is 10.9 Å². The lowest BCUT2D eigenvalue weighted by atomic mass is 10.2. The summed E-state index contributed by atoms with van der Waals surface area (Å²) >= 11 is 12.0. The molecule has 0 amide bonds. The van der Waals surface area contributed by atoms with Crippen molar-refractivity contribution in [2.24, 2.45) is 0 Å². The largest absolute Gasteiger partial charge is 0.493 e. The highest BCUT2D eigenvalue weighted by Crippen LogP contribution is 2.35. The SMILES string of the molecule is COc1cc(OC(F)F)cnc1NS(=O)(=O)c1c[nH]c2c(Cl)c(Cl)ccc12. The average Bonchev–Trinajstić information content (AvgIpc) is 3.04. The van der Waals surface area contributed by atoms with Gasteiger partial charge in [-0.05, 0) is 12.1 Å². The summed E-state index contributed by atoms with van der Waals surface area (Å²) in [4.78, 5) is 6.43. The zero-order valence-corrected chi connectivity index (χ0v) is 15.8. The number of rotatable bonds is 6. The van der Waals surface area contributed by atoms with Gasteiger partial charge < -0.3 is 14.5 Å². The molecule has 0 spiro atoms. The maximum absolute atomic E-state index is 12.7. The molecule has 12 heteroatoms. The average molecular weight is 438 g/mol. The van der Waals surface area contributed by atoms with Crippen molar-refractivity contribution in [3.63, 3.8) is 0 Å². The van der Waals surface area contributed by atoms with Crippen LogP contribution in [0.1, 0.15) is 0 Å². The topological polar surface area (TPSA) is 93.3 Å². The van der Waals surface area contributed by atoms with E-state index in [-0.39, 0.29) is 32.3 Å². The van der Waals surface area contributed by atoms with Crippen molar-refractivity contribution in [2.75, 3.05) is 11.8 Å². The minimum atomic E-state index is -4.11. The molecule has 0 aliphatic carbocycles. The Hall–Kier alpha value is -2.30. The number of fused-ring (bicyclic) bond motifs is 1. The third-order valence-electron chi connectivity index (χ3n) is 3.50. The van der Waals surface area contributed by atoms with Gasteiger partial charge in [-0.2, -0.15) is 8.78 Å². The lowest BCUT2D eigenvalue weighted by molar-refractivity contribution is -0.0501. The van der Waals surface area contributed by atoms with E-state index in [1.165, 1.54) is 25.4 Å². The summed E-state index contributed by atoms with van der Waals surface area (Å²) in [6, 6.07) is 4.05. The first-order valence-corrected chi connectivity index (χ1v) is 9.43. The number of sulfonamides is 1. The second-order valence-electron chi connectivity index (χ2n) is 5.14. The van der Waals surface area contributed by atoms with Crippen molar-refractivity contribution in [1.29, 1.82) is 0 Å². The predicted molar refractivity (Wildman–Crippen MR) is 96.5 cm³/mol. The smallest absolute Gasteiger partial charge is 0.387 e. The van der Waals surface area contributed by atoms with Crippen LogP contribution in [0.5, 0.6) is 11.5 Å². The maximum atomic E-state index is 12.7. The number of aromatic amines is 1. The molecule has 0 fully saturated rings. The quantitative estimate of drug-likeness (QED) is 0.600. The Kier molecular flexibility index (Phi) is 5.31. The molecule has 2 N–H and O–H groups in total. The molecule has 0 radical (unpaired) electrons. The van der Waals surface area contributed by atoms with Crippen LogP contribution in [0.25, 0.3) is 10.9 Å². The number of hydrogen-bond donors (Lipinski definition) is 2. The summed E-state index contributed by atoms with van der Waals surface area (Å²) in [5.74, 6) is -0.579. The standard InChI is InChI=1S/C15H11Cl2F2N3O4S/c1-25-10-4-7(26-15(18)19)5-21-14(10)22-27(23,24)11-6-20-13-8(11)2-3-9(16)12(13)17/h2-6,15,20H,1H3,(H,21,22). The minimum Gasteiger partial charge on any atom is -0.493 e. The van der Waals surface area contributed by atoms with Crippen molar-refractivity contribution in [2.45, 2.75) is 11.5 Å². The van der Waals surface area contributed by atoms with Crippen LogP contribution in [0.4, 0.5) is 14.6 Å². The van der Waals surface area contributed by atoms with Gasteiger partial charge in [0.15, 0.2) is 11.6 Å². The molecule has 0 bridgehead atoms. The first kappa shape index (κ1) is 19.5. The number of halogens is 4. The van der Waals surface area contributed by atoms with Gasteiger partial charge in [-0.3, -0.25) is 4.72 Å². The molecule has 1 aromatic carbocycles. The summed E-state index contributed by atoms with van der Waals surface area (Å²) in [7, 11) is -2.88. The number of ether oxygens (including phenoxy) is 2. The summed E-state index contributed by atoms with van der Waals surface area (Å²) in [5.41, 5.74) is 0.352. The Morgan fingerprint density at radius 3 is 2.70 bits per heavy atom. The zero-order valence-electron chi connectivity index (χ0n) is 13.5. The molecule has 27 heavy (non-hydrogen) atoms. The normalized spacial score (nSPS) is 11.8. The van der Waals surface area contributed by atoms with E-state index in [0.717, 1.165) is 12.3 Å². The number of aromatic nitrogens is 2. The monoisotopic (exact) mass is 437 g/mol. The van der Waals surface area contributed by atoms with Crippen molar-refractivity contribution in [3.8, 4) is 11.5 Å². The second-order valence-corrected chi connectivity index (χ2v) is 7.58. The Balaban J connectivity index is 1.99. The van der Waals surface area contributed by atoms with Gasteiger partial charge in [0.25, 0.3) is 10.0 Å². The molecule has 2 aromatic heterocycles. The van der Waals surface area contributed by atoms with Gasteiger partial charge >= 0.3 is 6.61 Å². The van der Waals surface area contributed by atoms with Gasteiger partial charge in [0.05, 0.1) is 28.9 Å². The molecule has 0 aliphatic rings. The Labute approximate surface area is 162 Å². The Morgan fingerprint density at radius 1 is 1.30 bits per heavy atom. The number of nitrogens with zero attached hydrogens (tertiary/aromatic N) is 1. The van der Waals surface area contributed by atoms with Gasteiger partial charge in [0.1, 0.15) is 10.6 Å². The van der Waals surface area contributed by atoms with Gasteiger partial charge in [-0.25, -0.2) is 13.4 Å². The van der Waals surface area contributed by atoms with Crippen LogP contribution in [0.3, 0.4) is 0 Å². The van der Waals surface area contributed by atoms with Crippen molar-refractivity contribution >= 4 is 49.9 Å². The highest BCUT2D eigenvalue weighted by molar-refractivity contribution is 7.93. The molecule has 3 aromatic rings. The number of nitrogens with one attached hydrogen (secondary N) is 2. The van der Waals surface area contributed by atoms with E-state index in [1.54, 1.807) is 0 Å². The predicted octanol–water partition coefficient (Wildman–Crippen LogP) is 4.28. The summed E-state index contributed by atoms with van der Waals surface area (Å²) in [5, 5.41) is 0.759. The van der Waals surface area contributed by atoms with Gasteiger partial charge in [-0.15, -0.1) is 0 Å². The van der Waals surface area contributed by atoms with Crippen LogP contribution < -0.4 is 14.2 Å². The van der Waals surface area contributed by atoms with Crippen LogP contribution in [0.15, 0.2) is 35.5 Å². The summed E-state index contributed by atoms with van der Waals surface area (Å²) < 4.78 is 61.5. The number of H-pyrrole nitrogens is 1. The van der Waals surface area contributed by atoms with Crippen LogP contribution in [0.2, 0.25) is 10.0 Å². The molecule has 2 heterocycles. The lowest BCUT2D eigenvalue weighted by Crippen LogP contribution is -2.14. The van der Waals surface area contributed by atoms with E-state index in [4.69, 9.17) is 27.9 Å². The number of benzene rings is 1. The van der Waals surface area contributed by atoms with E-state index in [2.05, 4.69) is 19.4 Å². The maximum Gasteiger partial charge on any atom is 0.387 e. The van der Waals surface area contributed by atoms with Crippen molar-refractivity contribution in [1.82, 2.24) is 9.97 Å². The highest BCUT2D eigenvalue weighted by atomic mass is 35.5. The molecular formula is C15H11Cl2F2N3O4S. The molecule has 0 atom stereocenters. The molecule has 7 nitrogen and oxygen atoms in total. The van der Waals surface area contributed by atoms with E-state index < -0.39 is 16.6 Å². The Bertz CT molecular complexity index is 1110. The molecular weight excluding hydrogens is 427 g/mol. The number of hydrogen-bond acceptors (Lipinski definition) is 5. The molecule has 0 saturated carbocycles. The second kappa shape index (κ2) is 7.37. The van der Waals surface area contributed by atoms with Crippen LogP contribution in [-0.2, 0) is 10.0 Å². The van der Waals surface area contributed by atoms with Gasteiger partial charge in [0, 0.05) is 17.6 Å². The van der Waals surface area contributed by atoms with Crippen LogP contribution in [-0.4, -0.2) is 32.1 Å². The number of methoxy groups -OCH3 is 1. The highest BCUT2D eigenvalue weighted by Gasteiger charge is 2.23. The first-order chi connectivity index (χ1) is 12.7. The lowest BCUT2D eigenvalue weighted by Gasteiger charge is -2.12. The fraction of sp³-hybridized carbons (Fsp3) is 0.133. The van der Waals surface area contributed by atoms with Gasteiger partial charge in [-0.1, -0.05) is 23.2 Å². The third kappa shape index (κ3) is 3.87.